The highest BCUT2D eigenvalue weighted by molar-refractivity contribution is 8.18. The molecule has 2 heterocycles. The van der Waals surface area contributed by atoms with Gasteiger partial charge in [-0.05, 0) is 49.4 Å². The number of imide groups is 1. The second-order valence-corrected chi connectivity index (χ2v) is 8.25. The Bertz CT molecular complexity index is 1200. The predicted molar refractivity (Wildman–Crippen MR) is 122 cm³/mol. The lowest BCUT2D eigenvalue weighted by molar-refractivity contribution is -0.122. The number of carbonyl (C=O) groups is 3. The predicted octanol–water partition coefficient (Wildman–Crippen LogP) is 3.35. The van der Waals surface area contributed by atoms with E-state index in [9.17, 15) is 14.4 Å². The second-order valence-electron chi connectivity index (χ2n) is 7.26. The molecule has 1 fully saturated rings. The number of thioether (sulfide) groups is 1. The number of hydrogen-bond donors (Lipinski definition) is 1. The van der Waals surface area contributed by atoms with Gasteiger partial charge in [-0.1, -0.05) is 48.0 Å². The van der Waals surface area contributed by atoms with Gasteiger partial charge in [0.2, 0.25) is 0 Å². The first-order valence-corrected chi connectivity index (χ1v) is 10.8. The Morgan fingerprint density at radius 1 is 1.03 bits per heavy atom. The molecule has 0 spiro atoms. The van der Waals surface area contributed by atoms with Gasteiger partial charge in [-0.3, -0.25) is 19.3 Å². The zero-order valence-corrected chi connectivity index (χ0v) is 18.4. The first-order valence-electron chi connectivity index (χ1n) is 10.0. The lowest BCUT2D eigenvalue weighted by Gasteiger charge is -2.12. The number of nitrogens with zero attached hydrogens (tertiary/aromatic N) is 4. The largest absolute Gasteiger partial charge is 0.349 e. The molecule has 0 radical (unpaired) electrons. The Kier molecular flexibility index (Phi) is 6.18. The maximum Gasteiger partial charge on any atom is 0.293 e. The molecule has 1 aliphatic rings. The summed E-state index contributed by atoms with van der Waals surface area (Å²) in [5.41, 5.74) is 3.39. The Morgan fingerprint density at radius 3 is 2.47 bits per heavy atom. The van der Waals surface area contributed by atoms with Crippen molar-refractivity contribution < 1.29 is 14.4 Å². The van der Waals surface area contributed by atoms with Crippen molar-refractivity contribution in [1.82, 2.24) is 25.2 Å². The number of benzene rings is 2. The average Bonchev–Trinajstić information content (AvgIpc) is 3.30. The molecular formula is C23H21N5O3S. The second kappa shape index (κ2) is 9.19. The van der Waals surface area contributed by atoms with Gasteiger partial charge in [-0.2, -0.15) is 9.90 Å². The zero-order chi connectivity index (χ0) is 22.7. The molecule has 0 unspecified atom stereocenters. The smallest absolute Gasteiger partial charge is 0.293 e. The minimum atomic E-state index is -0.410. The molecule has 1 saturated heterocycles. The summed E-state index contributed by atoms with van der Waals surface area (Å²) in [4.78, 5) is 40.4. The van der Waals surface area contributed by atoms with Gasteiger partial charge in [0.1, 0.15) is 0 Å². The third kappa shape index (κ3) is 4.62. The van der Waals surface area contributed by atoms with Gasteiger partial charge in [-0.15, -0.1) is 5.10 Å². The van der Waals surface area contributed by atoms with Crippen LogP contribution in [0.1, 0.15) is 27.3 Å². The highest BCUT2D eigenvalue weighted by Crippen LogP contribution is 2.31. The van der Waals surface area contributed by atoms with E-state index in [4.69, 9.17) is 0 Å². The molecule has 0 atom stereocenters. The van der Waals surface area contributed by atoms with E-state index in [1.807, 2.05) is 61.5 Å². The van der Waals surface area contributed by atoms with Crippen LogP contribution in [0.15, 0.2) is 59.5 Å². The number of nitrogens with one attached hydrogen (secondary N) is 1. The van der Waals surface area contributed by atoms with Crippen LogP contribution >= 0.6 is 11.8 Å². The first-order chi connectivity index (χ1) is 15.4. The van der Waals surface area contributed by atoms with Crippen LogP contribution in [0, 0.1) is 13.8 Å². The summed E-state index contributed by atoms with van der Waals surface area (Å²) in [7, 11) is 0. The van der Waals surface area contributed by atoms with Crippen LogP contribution in [0.5, 0.6) is 0 Å². The molecule has 4 rings (SSSR count). The highest BCUT2D eigenvalue weighted by atomic mass is 32.2. The normalized spacial score (nSPS) is 14.9. The van der Waals surface area contributed by atoms with E-state index in [-0.39, 0.29) is 29.9 Å². The Labute approximate surface area is 189 Å². The molecule has 3 aromatic rings. The first kappa shape index (κ1) is 21.5. The monoisotopic (exact) mass is 447 g/mol. The third-order valence-electron chi connectivity index (χ3n) is 4.85. The van der Waals surface area contributed by atoms with Crippen LogP contribution in [0.25, 0.3) is 11.8 Å². The molecule has 2 aromatic carbocycles. The summed E-state index contributed by atoms with van der Waals surface area (Å²) < 4.78 is 0. The maximum absolute atomic E-state index is 12.6. The van der Waals surface area contributed by atoms with Crippen LogP contribution in [-0.2, 0) is 4.79 Å². The van der Waals surface area contributed by atoms with E-state index in [1.54, 1.807) is 13.0 Å². The van der Waals surface area contributed by atoms with Crippen LogP contribution in [0.4, 0.5) is 4.79 Å². The maximum atomic E-state index is 12.6. The summed E-state index contributed by atoms with van der Waals surface area (Å²) in [5.74, 6) is -0.770. The van der Waals surface area contributed by atoms with Gasteiger partial charge in [0, 0.05) is 13.1 Å². The van der Waals surface area contributed by atoms with E-state index < -0.39 is 5.91 Å². The molecule has 32 heavy (non-hydrogen) atoms. The average molecular weight is 448 g/mol. The van der Waals surface area contributed by atoms with E-state index >= 15 is 0 Å². The molecule has 0 saturated carbocycles. The standard InChI is InChI=1S/C23H21N5O3S/c1-15-8-10-17(11-9-15)14-19-22(30)27(23(31)32-19)13-12-24-21(29)20-16(2)25-28(26-20)18-6-4-3-5-7-18/h3-11,14H,12-13H2,1-2H3,(H,24,29)/b19-14-. The van der Waals surface area contributed by atoms with Crippen molar-refractivity contribution in [2.75, 3.05) is 13.1 Å². The van der Waals surface area contributed by atoms with Crippen molar-refractivity contribution in [3.63, 3.8) is 0 Å². The van der Waals surface area contributed by atoms with E-state index in [2.05, 4.69) is 15.5 Å². The lowest BCUT2D eigenvalue weighted by Crippen LogP contribution is -2.37. The van der Waals surface area contributed by atoms with E-state index in [0.29, 0.717) is 10.6 Å². The molecule has 1 aliphatic heterocycles. The molecule has 8 nitrogen and oxygen atoms in total. The number of hydrogen-bond acceptors (Lipinski definition) is 6. The molecular weight excluding hydrogens is 426 g/mol. The van der Waals surface area contributed by atoms with Crippen LogP contribution < -0.4 is 5.32 Å². The van der Waals surface area contributed by atoms with Crippen molar-refractivity contribution in [2.24, 2.45) is 0 Å². The molecule has 9 heteroatoms. The van der Waals surface area contributed by atoms with Crippen molar-refractivity contribution in [1.29, 1.82) is 0 Å². The van der Waals surface area contributed by atoms with Crippen LogP contribution in [-0.4, -0.2) is 50.0 Å². The van der Waals surface area contributed by atoms with Crippen LogP contribution in [0.2, 0.25) is 0 Å². The minimum absolute atomic E-state index is 0.0769. The topological polar surface area (TPSA) is 97.2 Å². The molecule has 1 N–H and O–H groups in total. The van der Waals surface area contributed by atoms with Gasteiger partial charge in [0.25, 0.3) is 17.1 Å². The summed E-state index contributed by atoms with van der Waals surface area (Å²) >= 11 is 0.900. The van der Waals surface area contributed by atoms with Gasteiger partial charge in [-0.25, -0.2) is 0 Å². The van der Waals surface area contributed by atoms with Crippen molar-refractivity contribution in [3.8, 4) is 5.69 Å². The highest BCUT2D eigenvalue weighted by Gasteiger charge is 2.34. The fourth-order valence-electron chi connectivity index (χ4n) is 3.14. The SMILES string of the molecule is Cc1ccc(/C=C2\SC(=O)N(CCNC(=O)c3nn(-c4ccccc4)nc3C)C2=O)cc1. The fourth-order valence-corrected chi connectivity index (χ4v) is 4.00. The van der Waals surface area contributed by atoms with Crippen molar-refractivity contribution in [3.05, 3.63) is 82.0 Å². The Morgan fingerprint density at radius 2 is 1.75 bits per heavy atom. The van der Waals surface area contributed by atoms with E-state index in [1.165, 1.54) is 4.80 Å². The summed E-state index contributed by atoms with van der Waals surface area (Å²) in [6.45, 7) is 3.88. The van der Waals surface area contributed by atoms with Crippen LogP contribution in [0.3, 0.4) is 0 Å². The van der Waals surface area contributed by atoms with Gasteiger partial charge in [0.05, 0.1) is 16.3 Å². The number of aryl methyl sites for hydroxylation is 2. The minimum Gasteiger partial charge on any atom is -0.349 e. The Balaban J connectivity index is 1.37. The summed E-state index contributed by atoms with van der Waals surface area (Å²) in [6, 6.07) is 17.0. The van der Waals surface area contributed by atoms with Gasteiger partial charge < -0.3 is 5.32 Å². The molecule has 1 aromatic heterocycles. The lowest BCUT2D eigenvalue weighted by atomic mass is 10.1. The Hall–Kier alpha value is -3.72. The number of rotatable bonds is 6. The van der Waals surface area contributed by atoms with Gasteiger partial charge in [0.15, 0.2) is 5.69 Å². The third-order valence-corrected chi connectivity index (χ3v) is 5.76. The number of carbonyl (C=O) groups excluding carboxylic acids is 3. The van der Waals surface area contributed by atoms with Crippen molar-refractivity contribution in [2.45, 2.75) is 13.8 Å². The molecule has 0 aliphatic carbocycles. The van der Waals surface area contributed by atoms with Crippen molar-refractivity contribution >= 4 is 34.9 Å². The van der Waals surface area contributed by atoms with Gasteiger partial charge >= 0.3 is 0 Å². The quantitative estimate of drug-likeness (QED) is 0.582. The molecule has 0 bridgehead atoms. The fraction of sp³-hybridized carbons (Fsp3) is 0.174. The summed E-state index contributed by atoms with van der Waals surface area (Å²) in [5, 5.41) is 10.9. The molecule has 3 amide bonds. The molecule has 162 valence electrons. The zero-order valence-electron chi connectivity index (χ0n) is 17.6. The summed E-state index contributed by atoms with van der Waals surface area (Å²) in [6.07, 6.45) is 1.70. The number of amides is 3. The number of para-hydroxylation sites is 1. The van der Waals surface area contributed by atoms with E-state index in [0.717, 1.165) is 33.5 Å². The number of aromatic nitrogens is 3.